The molecule has 0 unspecified atom stereocenters. The van der Waals surface area contributed by atoms with Crippen molar-refractivity contribution in [3.8, 4) is 11.5 Å². The average molecular weight is 210 g/mol. The van der Waals surface area contributed by atoms with Crippen molar-refractivity contribution in [2.75, 3.05) is 20.0 Å². The summed E-state index contributed by atoms with van der Waals surface area (Å²) in [5.74, 6) is 1.38. The summed E-state index contributed by atoms with van der Waals surface area (Å²) in [6.07, 6.45) is 0.642. The minimum Gasteiger partial charge on any atom is -0.454 e. The first-order chi connectivity index (χ1) is 7.33. The second kappa shape index (κ2) is 4.51. The average Bonchev–Trinajstić information content (AvgIpc) is 2.73. The molecule has 0 amide bonds. The fraction of sp³-hybridized carbons (Fsp3) is 0.455. The van der Waals surface area contributed by atoms with E-state index >= 15 is 0 Å². The molecule has 4 heteroatoms. The normalized spacial score (nSPS) is 13.5. The number of ether oxygens (including phenoxy) is 2. The second-order valence-corrected chi connectivity index (χ2v) is 3.62. The molecule has 15 heavy (non-hydrogen) atoms. The number of benzene rings is 1. The SMILES string of the molecule is OCC(CO)Cc1ccc2c(c1)OCO2. The molecule has 0 spiro atoms. The van der Waals surface area contributed by atoms with Crippen LogP contribution in [-0.2, 0) is 6.42 Å². The molecule has 0 bridgehead atoms. The van der Waals surface area contributed by atoms with Crippen LogP contribution in [0.15, 0.2) is 18.2 Å². The summed E-state index contributed by atoms with van der Waals surface area (Å²) >= 11 is 0. The Morgan fingerprint density at radius 1 is 1.13 bits per heavy atom. The molecule has 0 fully saturated rings. The third-order valence-electron chi connectivity index (χ3n) is 2.48. The van der Waals surface area contributed by atoms with E-state index < -0.39 is 0 Å². The molecule has 82 valence electrons. The number of hydrogen-bond donors (Lipinski definition) is 2. The molecule has 1 aromatic carbocycles. The van der Waals surface area contributed by atoms with E-state index in [2.05, 4.69) is 0 Å². The number of aliphatic hydroxyl groups is 2. The van der Waals surface area contributed by atoms with Crippen LogP contribution >= 0.6 is 0 Å². The first-order valence-electron chi connectivity index (χ1n) is 4.93. The van der Waals surface area contributed by atoms with Crippen LogP contribution in [0, 0.1) is 5.92 Å². The molecule has 1 aromatic rings. The lowest BCUT2D eigenvalue weighted by molar-refractivity contribution is 0.150. The summed E-state index contributed by atoms with van der Waals surface area (Å²) in [5.41, 5.74) is 1.03. The fourth-order valence-corrected chi connectivity index (χ4v) is 1.59. The summed E-state index contributed by atoms with van der Waals surface area (Å²) in [6.45, 7) is 0.248. The quantitative estimate of drug-likeness (QED) is 0.762. The number of hydrogen-bond acceptors (Lipinski definition) is 4. The summed E-state index contributed by atoms with van der Waals surface area (Å²) in [4.78, 5) is 0. The van der Waals surface area contributed by atoms with E-state index in [-0.39, 0.29) is 25.9 Å². The molecule has 1 heterocycles. The number of aliphatic hydroxyl groups excluding tert-OH is 2. The van der Waals surface area contributed by atoms with E-state index in [1.807, 2.05) is 18.2 Å². The lowest BCUT2D eigenvalue weighted by atomic mass is 10.0. The zero-order valence-electron chi connectivity index (χ0n) is 8.35. The van der Waals surface area contributed by atoms with Gasteiger partial charge in [0.05, 0.1) is 0 Å². The smallest absolute Gasteiger partial charge is 0.231 e. The predicted octanol–water partition coefficient (Wildman–Crippen LogP) is 0.559. The Hall–Kier alpha value is -1.26. The van der Waals surface area contributed by atoms with E-state index in [1.165, 1.54) is 0 Å². The summed E-state index contributed by atoms with van der Waals surface area (Å²) in [6, 6.07) is 5.66. The molecule has 4 nitrogen and oxygen atoms in total. The Balaban J connectivity index is 2.09. The molecule has 1 aliphatic rings. The molecule has 0 aliphatic carbocycles. The maximum atomic E-state index is 8.96. The van der Waals surface area contributed by atoms with Gasteiger partial charge in [-0.25, -0.2) is 0 Å². The molecule has 2 N–H and O–H groups in total. The van der Waals surface area contributed by atoms with Crippen molar-refractivity contribution >= 4 is 0 Å². The van der Waals surface area contributed by atoms with E-state index in [0.29, 0.717) is 6.42 Å². The Kier molecular flexibility index (Phi) is 3.08. The van der Waals surface area contributed by atoms with Crippen LogP contribution < -0.4 is 9.47 Å². The topological polar surface area (TPSA) is 58.9 Å². The zero-order chi connectivity index (χ0) is 10.7. The van der Waals surface area contributed by atoms with Gasteiger partial charge in [0.25, 0.3) is 0 Å². The first-order valence-corrected chi connectivity index (χ1v) is 4.93. The van der Waals surface area contributed by atoms with Crippen LogP contribution in [0.25, 0.3) is 0 Å². The predicted molar refractivity (Wildman–Crippen MR) is 53.9 cm³/mol. The zero-order valence-corrected chi connectivity index (χ0v) is 8.35. The molecule has 0 saturated heterocycles. The molecule has 0 aromatic heterocycles. The third-order valence-corrected chi connectivity index (χ3v) is 2.48. The number of fused-ring (bicyclic) bond motifs is 1. The van der Waals surface area contributed by atoms with Crippen molar-refractivity contribution in [2.45, 2.75) is 6.42 Å². The van der Waals surface area contributed by atoms with Crippen molar-refractivity contribution in [3.05, 3.63) is 23.8 Å². The number of rotatable bonds is 4. The maximum Gasteiger partial charge on any atom is 0.231 e. The van der Waals surface area contributed by atoms with Gasteiger partial charge >= 0.3 is 0 Å². The van der Waals surface area contributed by atoms with E-state index in [9.17, 15) is 0 Å². The van der Waals surface area contributed by atoms with Crippen molar-refractivity contribution in [2.24, 2.45) is 5.92 Å². The van der Waals surface area contributed by atoms with Gasteiger partial charge in [0.2, 0.25) is 6.79 Å². The minimum absolute atomic E-state index is 0.00899. The van der Waals surface area contributed by atoms with Crippen molar-refractivity contribution in [3.63, 3.8) is 0 Å². The van der Waals surface area contributed by atoms with Gasteiger partial charge in [-0.05, 0) is 24.1 Å². The second-order valence-electron chi connectivity index (χ2n) is 3.62. The van der Waals surface area contributed by atoms with Crippen molar-refractivity contribution < 1.29 is 19.7 Å². The van der Waals surface area contributed by atoms with Crippen molar-refractivity contribution in [1.29, 1.82) is 0 Å². The molecule has 0 radical (unpaired) electrons. The largest absolute Gasteiger partial charge is 0.454 e. The molecular weight excluding hydrogens is 196 g/mol. The van der Waals surface area contributed by atoms with Crippen molar-refractivity contribution in [1.82, 2.24) is 0 Å². The van der Waals surface area contributed by atoms with Gasteiger partial charge < -0.3 is 19.7 Å². The molecule has 2 rings (SSSR count). The third kappa shape index (κ3) is 2.22. The van der Waals surface area contributed by atoms with Crippen LogP contribution in [0.1, 0.15) is 5.56 Å². The highest BCUT2D eigenvalue weighted by molar-refractivity contribution is 5.44. The summed E-state index contributed by atoms with van der Waals surface area (Å²) in [5, 5.41) is 17.9. The first kappa shape index (κ1) is 10.3. The van der Waals surface area contributed by atoms with Gasteiger partial charge in [0.15, 0.2) is 11.5 Å². The lowest BCUT2D eigenvalue weighted by Crippen LogP contribution is -2.13. The molecule has 0 saturated carbocycles. The monoisotopic (exact) mass is 210 g/mol. The Morgan fingerprint density at radius 2 is 1.87 bits per heavy atom. The van der Waals surface area contributed by atoms with E-state index in [4.69, 9.17) is 19.7 Å². The van der Waals surface area contributed by atoms with E-state index in [0.717, 1.165) is 17.1 Å². The fourth-order valence-electron chi connectivity index (χ4n) is 1.59. The summed E-state index contributed by atoms with van der Waals surface area (Å²) < 4.78 is 10.4. The van der Waals surface area contributed by atoms with Gasteiger partial charge in [-0.1, -0.05) is 6.07 Å². The Labute approximate surface area is 88.1 Å². The minimum atomic E-state index is -0.106. The highest BCUT2D eigenvalue weighted by Crippen LogP contribution is 2.32. The molecule has 0 atom stereocenters. The van der Waals surface area contributed by atoms with Gasteiger partial charge in [-0.3, -0.25) is 0 Å². The van der Waals surface area contributed by atoms with Crippen LogP contribution in [0.2, 0.25) is 0 Å². The standard InChI is InChI=1S/C11H14O4/c12-5-9(6-13)3-8-1-2-10-11(4-8)15-7-14-10/h1-2,4,9,12-13H,3,5-7H2. The summed E-state index contributed by atoms with van der Waals surface area (Å²) in [7, 11) is 0. The highest BCUT2D eigenvalue weighted by Gasteiger charge is 2.14. The molecular formula is C11H14O4. The van der Waals surface area contributed by atoms with Crippen LogP contribution in [0.4, 0.5) is 0 Å². The van der Waals surface area contributed by atoms with Gasteiger partial charge in [-0.15, -0.1) is 0 Å². The van der Waals surface area contributed by atoms with Gasteiger partial charge in [-0.2, -0.15) is 0 Å². The van der Waals surface area contributed by atoms with Crippen LogP contribution in [0.3, 0.4) is 0 Å². The Bertz CT molecular complexity index is 333. The molecule has 1 aliphatic heterocycles. The van der Waals surface area contributed by atoms with Gasteiger partial charge in [0.1, 0.15) is 0 Å². The highest BCUT2D eigenvalue weighted by atomic mass is 16.7. The van der Waals surface area contributed by atoms with Crippen LogP contribution in [0.5, 0.6) is 11.5 Å². The lowest BCUT2D eigenvalue weighted by Gasteiger charge is -2.10. The van der Waals surface area contributed by atoms with Gasteiger partial charge in [0, 0.05) is 19.1 Å². The van der Waals surface area contributed by atoms with Crippen LogP contribution in [-0.4, -0.2) is 30.2 Å². The van der Waals surface area contributed by atoms with E-state index in [1.54, 1.807) is 0 Å². The Morgan fingerprint density at radius 3 is 2.60 bits per heavy atom. The maximum absolute atomic E-state index is 8.96.